The standard InChI is InChI=1S/C15H24N4O3S2/c1-9(2)12(17-13(20)11-6-5-7-24-11)14(21)18-19-15(23)16-10(3)8-22-4/h5-7,9-10,12H,8H2,1-4H3,(H,17,20)(H,18,21)(H2,16,19,23)/t10-,12-/m1/s1. The van der Waals surface area contributed by atoms with Crippen LogP contribution >= 0.6 is 23.6 Å². The van der Waals surface area contributed by atoms with Gasteiger partial charge in [-0.05, 0) is 36.5 Å². The summed E-state index contributed by atoms with van der Waals surface area (Å²) in [5, 5.41) is 7.79. The number of hydrogen-bond donors (Lipinski definition) is 4. The third-order valence-corrected chi connectivity index (χ3v) is 4.16. The lowest BCUT2D eigenvalue weighted by Crippen LogP contribution is -2.56. The minimum Gasteiger partial charge on any atom is -0.383 e. The van der Waals surface area contributed by atoms with Crippen LogP contribution in [0.1, 0.15) is 30.4 Å². The predicted molar refractivity (Wildman–Crippen MR) is 98.8 cm³/mol. The Morgan fingerprint density at radius 2 is 1.96 bits per heavy atom. The molecular weight excluding hydrogens is 348 g/mol. The molecule has 0 aliphatic heterocycles. The van der Waals surface area contributed by atoms with Gasteiger partial charge in [-0.15, -0.1) is 11.3 Å². The zero-order chi connectivity index (χ0) is 18.1. The van der Waals surface area contributed by atoms with Gasteiger partial charge in [-0.1, -0.05) is 19.9 Å². The van der Waals surface area contributed by atoms with Gasteiger partial charge in [0.15, 0.2) is 5.11 Å². The molecule has 24 heavy (non-hydrogen) atoms. The lowest BCUT2D eigenvalue weighted by Gasteiger charge is -2.22. The van der Waals surface area contributed by atoms with E-state index in [2.05, 4.69) is 21.5 Å². The second kappa shape index (κ2) is 10.2. The van der Waals surface area contributed by atoms with E-state index in [4.69, 9.17) is 17.0 Å². The average Bonchev–Trinajstić information content (AvgIpc) is 3.04. The molecule has 0 unspecified atom stereocenters. The highest BCUT2D eigenvalue weighted by Crippen LogP contribution is 2.10. The van der Waals surface area contributed by atoms with E-state index in [0.29, 0.717) is 11.5 Å². The maximum Gasteiger partial charge on any atom is 0.262 e. The Kier molecular flexibility index (Phi) is 8.66. The van der Waals surface area contributed by atoms with Crippen LogP contribution in [0.5, 0.6) is 0 Å². The molecule has 7 nitrogen and oxygen atoms in total. The van der Waals surface area contributed by atoms with Gasteiger partial charge in [0.1, 0.15) is 6.04 Å². The molecule has 0 bridgehead atoms. The van der Waals surface area contributed by atoms with Crippen molar-refractivity contribution in [3.63, 3.8) is 0 Å². The van der Waals surface area contributed by atoms with Crippen LogP contribution in [-0.4, -0.2) is 42.7 Å². The van der Waals surface area contributed by atoms with E-state index in [0.717, 1.165) is 0 Å². The number of amides is 2. The van der Waals surface area contributed by atoms with E-state index in [-0.39, 0.29) is 28.9 Å². The Bertz CT molecular complexity index is 549. The summed E-state index contributed by atoms with van der Waals surface area (Å²) in [5.74, 6) is -0.712. The van der Waals surface area contributed by atoms with Crippen LogP contribution in [0.25, 0.3) is 0 Å². The van der Waals surface area contributed by atoms with E-state index in [9.17, 15) is 9.59 Å². The topological polar surface area (TPSA) is 91.5 Å². The number of thiocarbonyl (C=S) groups is 1. The maximum atomic E-state index is 12.3. The molecule has 1 aromatic rings. The van der Waals surface area contributed by atoms with Crippen LogP contribution < -0.4 is 21.5 Å². The summed E-state index contributed by atoms with van der Waals surface area (Å²) >= 11 is 6.41. The number of hydrazine groups is 1. The molecule has 0 spiro atoms. The first-order valence-corrected chi connectivity index (χ1v) is 8.83. The molecule has 134 valence electrons. The lowest BCUT2D eigenvalue weighted by atomic mass is 10.0. The normalized spacial score (nSPS) is 13.0. The number of methoxy groups -OCH3 is 1. The minimum atomic E-state index is -0.675. The molecule has 0 aliphatic carbocycles. The molecule has 1 aromatic heterocycles. The van der Waals surface area contributed by atoms with Crippen molar-refractivity contribution in [2.75, 3.05) is 13.7 Å². The highest BCUT2D eigenvalue weighted by molar-refractivity contribution is 7.80. The molecule has 1 heterocycles. The summed E-state index contributed by atoms with van der Waals surface area (Å²) in [6, 6.07) is 2.83. The number of thiophene rings is 1. The highest BCUT2D eigenvalue weighted by Gasteiger charge is 2.25. The smallest absolute Gasteiger partial charge is 0.262 e. The van der Waals surface area contributed by atoms with Crippen molar-refractivity contribution in [2.45, 2.75) is 32.9 Å². The van der Waals surface area contributed by atoms with Crippen molar-refractivity contribution in [2.24, 2.45) is 5.92 Å². The third-order valence-electron chi connectivity index (χ3n) is 3.07. The highest BCUT2D eigenvalue weighted by atomic mass is 32.1. The van der Waals surface area contributed by atoms with Gasteiger partial charge >= 0.3 is 0 Å². The number of carbonyl (C=O) groups is 2. The zero-order valence-electron chi connectivity index (χ0n) is 14.2. The van der Waals surface area contributed by atoms with Crippen molar-refractivity contribution >= 4 is 40.5 Å². The van der Waals surface area contributed by atoms with Crippen molar-refractivity contribution in [1.82, 2.24) is 21.5 Å². The number of nitrogens with one attached hydrogen (secondary N) is 4. The van der Waals surface area contributed by atoms with Crippen LogP contribution in [0.15, 0.2) is 17.5 Å². The first-order valence-electron chi connectivity index (χ1n) is 7.54. The van der Waals surface area contributed by atoms with E-state index in [1.165, 1.54) is 11.3 Å². The molecule has 1 rings (SSSR count). The van der Waals surface area contributed by atoms with Crippen molar-refractivity contribution in [1.29, 1.82) is 0 Å². The second-order valence-corrected chi connectivity index (χ2v) is 6.97. The Labute approximate surface area is 151 Å². The quantitative estimate of drug-likeness (QED) is 0.422. The maximum absolute atomic E-state index is 12.3. The molecule has 0 saturated carbocycles. The van der Waals surface area contributed by atoms with Crippen LogP contribution in [0, 0.1) is 5.92 Å². The third kappa shape index (κ3) is 6.81. The fourth-order valence-corrected chi connectivity index (χ4v) is 2.78. The molecule has 9 heteroatoms. The predicted octanol–water partition coefficient (Wildman–Crippen LogP) is 1.03. The summed E-state index contributed by atoms with van der Waals surface area (Å²) < 4.78 is 5.00. The van der Waals surface area contributed by atoms with Crippen molar-refractivity contribution < 1.29 is 14.3 Å². The first kappa shape index (κ1) is 20.3. The van der Waals surface area contributed by atoms with Gasteiger partial charge in [-0.3, -0.25) is 20.4 Å². The number of ether oxygens (including phenoxy) is 1. The second-order valence-electron chi connectivity index (χ2n) is 5.62. The Balaban J connectivity index is 2.52. The molecule has 2 amide bonds. The largest absolute Gasteiger partial charge is 0.383 e. The fraction of sp³-hybridized carbons (Fsp3) is 0.533. The summed E-state index contributed by atoms with van der Waals surface area (Å²) in [4.78, 5) is 25.0. The van der Waals surface area contributed by atoms with Crippen LogP contribution in [-0.2, 0) is 9.53 Å². The van der Waals surface area contributed by atoms with Gasteiger partial charge in [0.05, 0.1) is 11.5 Å². The van der Waals surface area contributed by atoms with E-state index >= 15 is 0 Å². The van der Waals surface area contributed by atoms with Crippen molar-refractivity contribution in [3.05, 3.63) is 22.4 Å². The Hall–Kier alpha value is -1.71. The number of hydrogen-bond acceptors (Lipinski definition) is 5. The van der Waals surface area contributed by atoms with Crippen LogP contribution in [0.2, 0.25) is 0 Å². The Morgan fingerprint density at radius 1 is 1.25 bits per heavy atom. The summed E-state index contributed by atoms with van der Waals surface area (Å²) in [5.41, 5.74) is 5.15. The van der Waals surface area contributed by atoms with E-state index in [1.807, 2.05) is 26.2 Å². The van der Waals surface area contributed by atoms with Crippen LogP contribution in [0.4, 0.5) is 0 Å². The average molecular weight is 373 g/mol. The molecule has 0 radical (unpaired) electrons. The molecule has 0 aromatic carbocycles. The molecule has 2 atom stereocenters. The van der Waals surface area contributed by atoms with Gasteiger partial charge < -0.3 is 15.4 Å². The summed E-state index contributed by atoms with van der Waals surface area (Å²) in [7, 11) is 1.60. The first-order chi connectivity index (χ1) is 11.3. The molecule has 0 fully saturated rings. The van der Waals surface area contributed by atoms with Gasteiger partial charge in [-0.2, -0.15) is 0 Å². The minimum absolute atomic E-state index is 0.00586. The van der Waals surface area contributed by atoms with Crippen molar-refractivity contribution in [3.8, 4) is 0 Å². The SMILES string of the molecule is COC[C@@H](C)NC(=S)NNC(=O)[C@H](NC(=O)c1cccs1)C(C)C. The molecular formula is C15H24N4O3S2. The van der Waals surface area contributed by atoms with E-state index in [1.54, 1.807) is 19.2 Å². The zero-order valence-corrected chi connectivity index (χ0v) is 15.8. The van der Waals surface area contributed by atoms with Gasteiger partial charge in [0.25, 0.3) is 11.8 Å². The number of rotatable bonds is 7. The molecule has 4 N–H and O–H groups in total. The Morgan fingerprint density at radius 3 is 2.50 bits per heavy atom. The van der Waals surface area contributed by atoms with E-state index < -0.39 is 6.04 Å². The fourth-order valence-electron chi connectivity index (χ4n) is 1.90. The summed E-state index contributed by atoms with van der Waals surface area (Å²) in [6.45, 7) is 6.10. The van der Waals surface area contributed by atoms with Crippen LogP contribution in [0.3, 0.4) is 0 Å². The van der Waals surface area contributed by atoms with Gasteiger partial charge in [0.2, 0.25) is 0 Å². The summed E-state index contributed by atoms with van der Waals surface area (Å²) in [6.07, 6.45) is 0. The molecule has 0 aliphatic rings. The van der Waals surface area contributed by atoms with Gasteiger partial charge in [-0.25, -0.2) is 0 Å². The lowest BCUT2D eigenvalue weighted by molar-refractivity contribution is -0.124. The monoisotopic (exact) mass is 372 g/mol. The molecule has 0 saturated heterocycles. The van der Waals surface area contributed by atoms with Gasteiger partial charge in [0, 0.05) is 13.2 Å². The number of carbonyl (C=O) groups excluding carboxylic acids is 2.